The largest absolute Gasteiger partial charge is 0.489 e. The number of rotatable bonds is 9. The molecule has 22 heavy (non-hydrogen) atoms. The van der Waals surface area contributed by atoms with Crippen molar-refractivity contribution in [3.63, 3.8) is 0 Å². The number of ether oxygens (including phenoxy) is 1. The van der Waals surface area contributed by atoms with Crippen LogP contribution in [0.2, 0.25) is 0 Å². The Morgan fingerprint density at radius 2 is 1.86 bits per heavy atom. The predicted molar refractivity (Wildman–Crippen MR) is 84.8 cm³/mol. The van der Waals surface area contributed by atoms with Crippen molar-refractivity contribution in [2.75, 3.05) is 0 Å². The molecule has 0 aliphatic carbocycles. The molecule has 0 aliphatic rings. The van der Waals surface area contributed by atoms with Gasteiger partial charge >= 0.3 is 5.97 Å². The van der Waals surface area contributed by atoms with Gasteiger partial charge in [-0.3, -0.25) is 9.78 Å². The molecular formula is C18H21NO3. The zero-order valence-corrected chi connectivity index (χ0v) is 12.6. The van der Waals surface area contributed by atoms with Crippen LogP contribution in [0.15, 0.2) is 48.8 Å². The van der Waals surface area contributed by atoms with Crippen LogP contribution in [0.25, 0.3) is 0 Å². The summed E-state index contributed by atoms with van der Waals surface area (Å²) in [5.74, 6) is 0.145. The molecule has 1 aromatic heterocycles. The highest BCUT2D eigenvalue weighted by Crippen LogP contribution is 2.17. The second-order valence-electron chi connectivity index (χ2n) is 5.25. The van der Waals surface area contributed by atoms with Crippen LogP contribution in [0.4, 0.5) is 0 Å². The van der Waals surface area contributed by atoms with Crippen LogP contribution in [-0.2, 0) is 17.8 Å². The summed E-state index contributed by atoms with van der Waals surface area (Å²) in [4.78, 5) is 14.4. The number of nitrogens with zero attached hydrogens (tertiary/aromatic N) is 1. The highest BCUT2D eigenvalue weighted by molar-refractivity contribution is 5.66. The fraction of sp³-hybridized carbons (Fsp3) is 0.333. The van der Waals surface area contributed by atoms with Crippen molar-refractivity contribution >= 4 is 5.97 Å². The second kappa shape index (κ2) is 8.82. The molecule has 0 saturated carbocycles. The summed E-state index contributed by atoms with van der Waals surface area (Å²) in [6.45, 7) is 0.532. The van der Waals surface area contributed by atoms with Crippen molar-refractivity contribution in [2.24, 2.45) is 0 Å². The van der Waals surface area contributed by atoms with Gasteiger partial charge in [-0.1, -0.05) is 18.6 Å². The molecule has 0 aliphatic heterocycles. The standard InChI is InChI=1S/C18H21NO3/c20-18(21)8-3-1-2-5-15-6-4-7-17(13-15)22-14-16-9-11-19-12-10-16/h4,6-7,9-13H,1-3,5,8,14H2,(H,20,21). The van der Waals surface area contributed by atoms with Gasteiger partial charge in [-0.15, -0.1) is 0 Å². The number of benzene rings is 1. The average molecular weight is 299 g/mol. The highest BCUT2D eigenvalue weighted by atomic mass is 16.5. The van der Waals surface area contributed by atoms with Crippen LogP contribution < -0.4 is 4.74 Å². The Hall–Kier alpha value is -2.36. The number of carboxylic acids is 1. The Kier molecular flexibility index (Phi) is 6.42. The molecule has 116 valence electrons. The minimum absolute atomic E-state index is 0.259. The van der Waals surface area contributed by atoms with E-state index in [1.54, 1.807) is 12.4 Å². The van der Waals surface area contributed by atoms with Crippen LogP contribution in [0, 0.1) is 0 Å². The maximum absolute atomic E-state index is 10.4. The number of unbranched alkanes of at least 4 members (excludes halogenated alkanes) is 2. The van der Waals surface area contributed by atoms with Gasteiger partial charge in [-0.25, -0.2) is 0 Å². The molecule has 2 rings (SSSR count). The molecule has 0 atom stereocenters. The van der Waals surface area contributed by atoms with Crippen molar-refractivity contribution in [2.45, 2.75) is 38.7 Å². The predicted octanol–water partition coefficient (Wildman–Crippen LogP) is 3.85. The van der Waals surface area contributed by atoms with E-state index >= 15 is 0 Å². The Bertz CT molecular complexity index is 584. The lowest BCUT2D eigenvalue weighted by Gasteiger charge is -2.08. The Labute approximate surface area is 130 Å². The van der Waals surface area contributed by atoms with Gasteiger partial charge in [0.1, 0.15) is 12.4 Å². The smallest absolute Gasteiger partial charge is 0.303 e. The van der Waals surface area contributed by atoms with Gasteiger partial charge in [0.15, 0.2) is 0 Å². The number of aromatic nitrogens is 1. The minimum Gasteiger partial charge on any atom is -0.489 e. The van der Waals surface area contributed by atoms with Gasteiger partial charge in [0, 0.05) is 18.8 Å². The molecule has 1 heterocycles. The van der Waals surface area contributed by atoms with Crippen molar-refractivity contribution < 1.29 is 14.6 Å². The first kappa shape index (κ1) is 16.0. The molecule has 4 nitrogen and oxygen atoms in total. The molecule has 0 amide bonds. The summed E-state index contributed by atoms with van der Waals surface area (Å²) in [6.07, 6.45) is 7.41. The van der Waals surface area contributed by atoms with Crippen molar-refractivity contribution in [1.29, 1.82) is 0 Å². The summed E-state index contributed by atoms with van der Waals surface area (Å²) in [6, 6.07) is 12.0. The monoisotopic (exact) mass is 299 g/mol. The van der Waals surface area contributed by atoms with E-state index in [0.717, 1.165) is 37.0 Å². The molecule has 0 radical (unpaired) electrons. The number of carbonyl (C=O) groups is 1. The molecule has 0 spiro atoms. The Morgan fingerprint density at radius 3 is 2.64 bits per heavy atom. The van der Waals surface area contributed by atoms with Crippen LogP contribution in [-0.4, -0.2) is 16.1 Å². The van der Waals surface area contributed by atoms with E-state index in [-0.39, 0.29) is 6.42 Å². The van der Waals surface area contributed by atoms with Crippen LogP contribution in [0.1, 0.15) is 36.8 Å². The third-order valence-electron chi connectivity index (χ3n) is 3.41. The topological polar surface area (TPSA) is 59.4 Å². The van der Waals surface area contributed by atoms with Gasteiger partial charge < -0.3 is 9.84 Å². The molecule has 0 unspecified atom stereocenters. The molecule has 2 aromatic rings. The first-order valence-corrected chi connectivity index (χ1v) is 7.56. The third kappa shape index (κ3) is 5.95. The Balaban J connectivity index is 1.76. The van der Waals surface area contributed by atoms with E-state index in [2.05, 4.69) is 17.1 Å². The summed E-state index contributed by atoms with van der Waals surface area (Å²) < 4.78 is 5.79. The summed E-state index contributed by atoms with van der Waals surface area (Å²) in [5, 5.41) is 8.60. The van der Waals surface area contributed by atoms with E-state index in [9.17, 15) is 4.79 Å². The van der Waals surface area contributed by atoms with E-state index in [1.807, 2.05) is 24.3 Å². The van der Waals surface area contributed by atoms with Crippen molar-refractivity contribution in [3.05, 3.63) is 59.9 Å². The van der Waals surface area contributed by atoms with Crippen LogP contribution in [0.5, 0.6) is 5.75 Å². The van der Waals surface area contributed by atoms with E-state index in [4.69, 9.17) is 9.84 Å². The first-order valence-electron chi connectivity index (χ1n) is 7.56. The summed E-state index contributed by atoms with van der Waals surface area (Å²) in [5.41, 5.74) is 2.32. The quantitative estimate of drug-likeness (QED) is 0.714. The molecule has 1 aromatic carbocycles. The first-order chi connectivity index (χ1) is 10.7. The average Bonchev–Trinajstić information content (AvgIpc) is 2.54. The van der Waals surface area contributed by atoms with E-state index in [0.29, 0.717) is 6.61 Å². The van der Waals surface area contributed by atoms with Gasteiger partial charge in [-0.2, -0.15) is 0 Å². The fourth-order valence-corrected chi connectivity index (χ4v) is 2.22. The molecule has 0 fully saturated rings. The molecule has 4 heteroatoms. The lowest BCUT2D eigenvalue weighted by atomic mass is 10.1. The second-order valence-corrected chi connectivity index (χ2v) is 5.25. The number of pyridine rings is 1. The van der Waals surface area contributed by atoms with Crippen molar-refractivity contribution in [1.82, 2.24) is 4.98 Å². The zero-order chi connectivity index (χ0) is 15.6. The fourth-order valence-electron chi connectivity index (χ4n) is 2.22. The van der Waals surface area contributed by atoms with Gasteiger partial charge in [0.05, 0.1) is 0 Å². The van der Waals surface area contributed by atoms with Gasteiger partial charge in [-0.05, 0) is 54.7 Å². The maximum Gasteiger partial charge on any atom is 0.303 e. The number of hydrogen-bond acceptors (Lipinski definition) is 3. The number of carboxylic acid groups (broad SMARTS) is 1. The number of hydrogen-bond donors (Lipinski definition) is 1. The number of aryl methyl sites for hydroxylation is 1. The minimum atomic E-state index is -0.716. The maximum atomic E-state index is 10.4. The summed E-state index contributed by atoms with van der Waals surface area (Å²) >= 11 is 0. The van der Waals surface area contributed by atoms with E-state index in [1.165, 1.54) is 5.56 Å². The van der Waals surface area contributed by atoms with Gasteiger partial charge in [0.2, 0.25) is 0 Å². The molecule has 1 N–H and O–H groups in total. The Morgan fingerprint density at radius 1 is 1.05 bits per heavy atom. The van der Waals surface area contributed by atoms with E-state index < -0.39 is 5.97 Å². The van der Waals surface area contributed by atoms with Crippen LogP contribution >= 0.6 is 0 Å². The lowest BCUT2D eigenvalue weighted by molar-refractivity contribution is -0.137. The molecule has 0 saturated heterocycles. The normalized spacial score (nSPS) is 10.4. The molecule has 0 bridgehead atoms. The lowest BCUT2D eigenvalue weighted by Crippen LogP contribution is -1.96. The SMILES string of the molecule is O=C(O)CCCCCc1cccc(OCc2ccncc2)c1. The molecular weight excluding hydrogens is 278 g/mol. The van der Waals surface area contributed by atoms with Crippen molar-refractivity contribution in [3.8, 4) is 5.75 Å². The van der Waals surface area contributed by atoms with Gasteiger partial charge in [0.25, 0.3) is 0 Å². The third-order valence-corrected chi connectivity index (χ3v) is 3.41. The number of aliphatic carboxylic acids is 1. The summed E-state index contributed by atoms with van der Waals surface area (Å²) in [7, 11) is 0. The zero-order valence-electron chi connectivity index (χ0n) is 12.6. The highest BCUT2D eigenvalue weighted by Gasteiger charge is 2.00. The van der Waals surface area contributed by atoms with Crippen LogP contribution in [0.3, 0.4) is 0 Å².